The van der Waals surface area contributed by atoms with E-state index in [9.17, 15) is 19.2 Å². The zero-order valence-electron chi connectivity index (χ0n) is 22.3. The number of hydrogen-bond acceptors (Lipinski definition) is 11. The number of carbonyl (C=O) groups is 4. The minimum Gasteiger partial charge on any atom is -0.457 e. The van der Waals surface area contributed by atoms with E-state index in [1.807, 2.05) is 12.1 Å². The van der Waals surface area contributed by atoms with Crippen molar-refractivity contribution in [1.29, 1.82) is 0 Å². The normalized spacial score (nSPS) is 9.90. The van der Waals surface area contributed by atoms with Gasteiger partial charge in [0.05, 0.1) is 5.56 Å². The van der Waals surface area contributed by atoms with Crippen LogP contribution in [0.15, 0.2) is 105 Å². The van der Waals surface area contributed by atoms with Gasteiger partial charge in [0.15, 0.2) is 11.5 Å². The van der Waals surface area contributed by atoms with Crippen LogP contribution in [0.5, 0.6) is 23.0 Å². The molecular weight excluding hydrogens is 548 g/mol. The van der Waals surface area contributed by atoms with Gasteiger partial charge in [-0.05, 0) is 47.5 Å². The smallest absolute Gasteiger partial charge is 0.343 e. The Morgan fingerprint density at radius 3 is 1.52 bits per heavy atom. The molecule has 11 heteroatoms. The summed E-state index contributed by atoms with van der Waals surface area (Å²) in [6.45, 7) is 8.73. The van der Waals surface area contributed by atoms with Gasteiger partial charge in [-0.1, -0.05) is 44.0 Å². The Hall–Kier alpha value is -5.84. The highest BCUT2D eigenvalue weighted by Gasteiger charge is 2.14. The van der Waals surface area contributed by atoms with Crippen LogP contribution in [0.1, 0.15) is 10.4 Å². The number of hydrogen-bond donors (Lipinski definition) is 0. The maximum Gasteiger partial charge on any atom is 0.343 e. The van der Waals surface area contributed by atoms with Crippen LogP contribution in [0.3, 0.4) is 0 Å². The summed E-state index contributed by atoms with van der Waals surface area (Å²) in [5, 5.41) is 0. The van der Waals surface area contributed by atoms with Crippen LogP contribution in [-0.2, 0) is 28.6 Å². The fourth-order valence-electron chi connectivity index (χ4n) is 3.13. The van der Waals surface area contributed by atoms with E-state index in [0.717, 1.165) is 29.4 Å². The van der Waals surface area contributed by atoms with Crippen LogP contribution < -0.4 is 18.9 Å². The highest BCUT2D eigenvalue weighted by molar-refractivity contribution is 5.91. The number of ether oxygens (including phenoxy) is 7. The summed E-state index contributed by atoms with van der Waals surface area (Å²) >= 11 is 0. The average Bonchev–Trinajstić information content (AvgIpc) is 3.02. The SMILES string of the molecule is C=CC(=O)OCOc1ccc(-c2ccc(C(=O)Oc3ccc(OCOC(=O)C=C)c(OCOC(=O)C=C)c3)cc2)cc1. The van der Waals surface area contributed by atoms with Gasteiger partial charge in [-0.3, -0.25) is 0 Å². The van der Waals surface area contributed by atoms with Crippen LogP contribution in [0, 0.1) is 0 Å². The van der Waals surface area contributed by atoms with Gasteiger partial charge in [-0.2, -0.15) is 0 Å². The first-order valence-electron chi connectivity index (χ1n) is 12.2. The van der Waals surface area contributed by atoms with Crippen molar-refractivity contribution < 1.29 is 52.3 Å². The summed E-state index contributed by atoms with van der Waals surface area (Å²) in [7, 11) is 0. The zero-order valence-corrected chi connectivity index (χ0v) is 22.3. The van der Waals surface area contributed by atoms with Crippen LogP contribution in [-0.4, -0.2) is 44.3 Å². The third kappa shape index (κ3) is 9.42. The molecular formula is C31H26O11. The molecule has 0 saturated carbocycles. The van der Waals surface area contributed by atoms with Gasteiger partial charge in [0.2, 0.25) is 20.4 Å². The maximum atomic E-state index is 12.8. The average molecular weight is 575 g/mol. The van der Waals surface area contributed by atoms with E-state index in [2.05, 4.69) is 19.7 Å². The first-order chi connectivity index (χ1) is 20.3. The molecule has 0 aliphatic carbocycles. The molecule has 0 saturated heterocycles. The molecule has 42 heavy (non-hydrogen) atoms. The first kappa shape index (κ1) is 30.7. The third-order valence-electron chi connectivity index (χ3n) is 5.19. The lowest BCUT2D eigenvalue weighted by molar-refractivity contribution is -0.146. The molecule has 0 N–H and O–H groups in total. The molecule has 3 aromatic carbocycles. The van der Waals surface area contributed by atoms with Gasteiger partial charge in [-0.15, -0.1) is 0 Å². The predicted molar refractivity (Wildman–Crippen MR) is 149 cm³/mol. The highest BCUT2D eigenvalue weighted by atomic mass is 16.7. The van der Waals surface area contributed by atoms with E-state index in [-0.39, 0.29) is 29.6 Å². The van der Waals surface area contributed by atoms with E-state index in [0.29, 0.717) is 5.75 Å². The second-order valence-electron chi connectivity index (χ2n) is 7.89. The zero-order chi connectivity index (χ0) is 30.3. The Balaban J connectivity index is 1.64. The minimum atomic E-state index is -0.709. The highest BCUT2D eigenvalue weighted by Crippen LogP contribution is 2.32. The second kappa shape index (κ2) is 15.7. The summed E-state index contributed by atoms with van der Waals surface area (Å²) < 4.78 is 36.0. The summed E-state index contributed by atoms with van der Waals surface area (Å²) in [4.78, 5) is 46.5. The van der Waals surface area contributed by atoms with Crippen molar-refractivity contribution in [2.45, 2.75) is 0 Å². The van der Waals surface area contributed by atoms with Crippen LogP contribution in [0.2, 0.25) is 0 Å². The second-order valence-corrected chi connectivity index (χ2v) is 7.89. The van der Waals surface area contributed by atoms with E-state index < -0.39 is 37.5 Å². The standard InChI is InChI=1S/C31H26O11/c1-4-28(32)39-18-36-24-13-11-22(12-14-24)21-7-9-23(10-8-21)31(35)42-25-15-16-26(37-19-40-29(33)5-2)27(17-25)38-20-41-30(34)6-3/h4-17H,1-3,18-20H2. The van der Waals surface area contributed by atoms with Crippen LogP contribution >= 0.6 is 0 Å². The van der Waals surface area contributed by atoms with E-state index >= 15 is 0 Å². The number of esters is 4. The maximum absolute atomic E-state index is 12.8. The molecule has 0 fully saturated rings. The Kier molecular flexibility index (Phi) is 11.5. The molecule has 0 unspecified atom stereocenters. The van der Waals surface area contributed by atoms with Crippen molar-refractivity contribution in [3.05, 3.63) is 110 Å². The predicted octanol–water partition coefficient (Wildman–Crippen LogP) is 4.77. The van der Waals surface area contributed by atoms with Crippen molar-refractivity contribution >= 4 is 23.9 Å². The fourth-order valence-corrected chi connectivity index (χ4v) is 3.13. The molecule has 216 valence electrons. The van der Waals surface area contributed by atoms with Crippen LogP contribution in [0.25, 0.3) is 11.1 Å². The summed E-state index contributed by atoms with van der Waals surface area (Å²) in [6, 6.07) is 18.0. The monoisotopic (exact) mass is 574 g/mol. The van der Waals surface area contributed by atoms with Gasteiger partial charge >= 0.3 is 23.9 Å². The minimum absolute atomic E-state index is 0.0495. The number of benzene rings is 3. The van der Waals surface area contributed by atoms with Crippen molar-refractivity contribution in [2.24, 2.45) is 0 Å². The van der Waals surface area contributed by atoms with Crippen LogP contribution in [0.4, 0.5) is 0 Å². The molecule has 3 aromatic rings. The Morgan fingerprint density at radius 1 is 0.548 bits per heavy atom. The molecule has 0 aliphatic rings. The van der Waals surface area contributed by atoms with Gasteiger partial charge in [0, 0.05) is 24.3 Å². The molecule has 0 atom stereocenters. The third-order valence-corrected chi connectivity index (χ3v) is 5.19. The van der Waals surface area contributed by atoms with E-state index in [1.54, 1.807) is 36.4 Å². The Labute approximate surface area is 241 Å². The summed E-state index contributed by atoms with van der Waals surface area (Å²) in [5.41, 5.74) is 1.97. The lowest BCUT2D eigenvalue weighted by Gasteiger charge is -2.14. The molecule has 0 bridgehead atoms. The van der Waals surface area contributed by atoms with E-state index in [1.165, 1.54) is 18.2 Å². The van der Waals surface area contributed by atoms with E-state index in [4.69, 9.17) is 33.2 Å². The first-order valence-corrected chi connectivity index (χ1v) is 12.2. The van der Waals surface area contributed by atoms with Crippen molar-refractivity contribution in [1.82, 2.24) is 0 Å². The summed E-state index contributed by atoms with van der Waals surface area (Å²) in [5.74, 6) is -1.83. The molecule has 3 rings (SSSR count). The molecule has 11 nitrogen and oxygen atoms in total. The van der Waals surface area contributed by atoms with Gasteiger partial charge in [0.1, 0.15) is 11.5 Å². The molecule has 0 spiro atoms. The molecule has 0 aliphatic heterocycles. The quantitative estimate of drug-likeness (QED) is 0.0817. The lowest BCUT2D eigenvalue weighted by Crippen LogP contribution is -2.12. The van der Waals surface area contributed by atoms with Crippen molar-refractivity contribution in [2.75, 3.05) is 20.4 Å². The Morgan fingerprint density at radius 2 is 1.00 bits per heavy atom. The number of rotatable bonds is 15. The Bertz CT molecular complexity index is 1440. The van der Waals surface area contributed by atoms with Crippen molar-refractivity contribution in [3.63, 3.8) is 0 Å². The topological polar surface area (TPSA) is 133 Å². The molecule has 0 radical (unpaired) electrons. The lowest BCUT2D eigenvalue weighted by atomic mass is 10.0. The van der Waals surface area contributed by atoms with Gasteiger partial charge in [-0.25, -0.2) is 19.2 Å². The molecule has 0 aromatic heterocycles. The largest absolute Gasteiger partial charge is 0.457 e. The van der Waals surface area contributed by atoms with Gasteiger partial charge < -0.3 is 33.2 Å². The fraction of sp³-hybridized carbons (Fsp3) is 0.0968. The summed E-state index contributed by atoms with van der Waals surface area (Å²) in [6.07, 6.45) is 2.99. The van der Waals surface area contributed by atoms with Gasteiger partial charge in [0.25, 0.3) is 0 Å². The molecule has 0 heterocycles. The molecule has 0 amide bonds. The number of carbonyl (C=O) groups excluding carboxylic acids is 4. The van der Waals surface area contributed by atoms with Crippen molar-refractivity contribution in [3.8, 4) is 34.1 Å².